The maximum atomic E-state index is 11.2. The molecule has 1 aromatic carbocycles. The zero-order valence-electron chi connectivity index (χ0n) is 10.2. The molecule has 0 fully saturated rings. The first-order valence-corrected chi connectivity index (χ1v) is 5.25. The van der Waals surface area contributed by atoms with Crippen molar-refractivity contribution in [1.29, 1.82) is 0 Å². The molecule has 6 heteroatoms. The highest BCUT2D eigenvalue weighted by molar-refractivity contribution is 6.02. The van der Waals surface area contributed by atoms with Gasteiger partial charge in [0.25, 0.3) is 0 Å². The van der Waals surface area contributed by atoms with Gasteiger partial charge >= 0.3 is 17.9 Å². The van der Waals surface area contributed by atoms with Gasteiger partial charge in [-0.25, -0.2) is 14.4 Å². The van der Waals surface area contributed by atoms with Crippen molar-refractivity contribution in [2.24, 2.45) is 0 Å². The zero-order chi connectivity index (χ0) is 14.6. The van der Waals surface area contributed by atoms with Gasteiger partial charge in [0.15, 0.2) is 0 Å². The summed E-state index contributed by atoms with van der Waals surface area (Å²) in [6.45, 7) is 4.51. The quantitative estimate of drug-likeness (QED) is 0.620. The molecule has 0 bridgehead atoms. The highest BCUT2D eigenvalue weighted by Gasteiger charge is 2.20. The van der Waals surface area contributed by atoms with Crippen LogP contribution < -0.4 is 0 Å². The van der Waals surface area contributed by atoms with E-state index in [1.54, 1.807) is 0 Å². The summed E-state index contributed by atoms with van der Waals surface area (Å²) < 4.78 is 4.82. The Morgan fingerprint density at radius 2 is 1.84 bits per heavy atom. The summed E-state index contributed by atoms with van der Waals surface area (Å²) in [7, 11) is 0. The maximum absolute atomic E-state index is 11.2. The normalized spacial score (nSPS) is 9.74. The third-order valence-corrected chi connectivity index (χ3v) is 2.30. The molecule has 19 heavy (non-hydrogen) atoms. The number of hydrogen-bond donors (Lipinski definition) is 2. The average Bonchev–Trinajstić information content (AvgIpc) is 2.34. The molecule has 0 atom stereocenters. The Hall–Kier alpha value is -2.63. The largest absolute Gasteiger partial charge is 0.478 e. The summed E-state index contributed by atoms with van der Waals surface area (Å²) in [5.41, 5.74) is -0.450. The number of esters is 1. The van der Waals surface area contributed by atoms with E-state index in [9.17, 15) is 14.4 Å². The van der Waals surface area contributed by atoms with E-state index in [2.05, 4.69) is 6.58 Å². The molecule has 0 aliphatic rings. The van der Waals surface area contributed by atoms with Gasteiger partial charge in [0.05, 0.1) is 11.1 Å². The molecule has 0 radical (unpaired) electrons. The lowest BCUT2D eigenvalue weighted by Crippen LogP contribution is -2.13. The van der Waals surface area contributed by atoms with E-state index in [-0.39, 0.29) is 28.9 Å². The number of hydrogen-bond acceptors (Lipinski definition) is 4. The molecular weight excluding hydrogens is 252 g/mol. The molecule has 100 valence electrons. The van der Waals surface area contributed by atoms with Crippen molar-refractivity contribution in [2.45, 2.75) is 13.5 Å². The van der Waals surface area contributed by atoms with Crippen LogP contribution in [0.1, 0.15) is 33.2 Å². The average molecular weight is 264 g/mol. The lowest BCUT2D eigenvalue weighted by atomic mass is 10.0. The van der Waals surface area contributed by atoms with E-state index in [0.717, 1.165) is 0 Å². The summed E-state index contributed by atoms with van der Waals surface area (Å²) in [4.78, 5) is 33.3. The molecule has 0 unspecified atom stereocenters. The first-order chi connectivity index (χ1) is 8.84. The van der Waals surface area contributed by atoms with E-state index < -0.39 is 17.9 Å². The van der Waals surface area contributed by atoms with Gasteiger partial charge in [0.1, 0.15) is 6.61 Å². The van der Waals surface area contributed by atoms with E-state index in [0.29, 0.717) is 0 Å². The molecule has 0 saturated carbocycles. The molecule has 0 aliphatic carbocycles. The Balaban J connectivity index is 3.10. The number of carbonyl (C=O) groups excluding carboxylic acids is 1. The molecule has 0 spiro atoms. The Morgan fingerprint density at radius 3 is 2.32 bits per heavy atom. The molecule has 0 aromatic heterocycles. The van der Waals surface area contributed by atoms with Gasteiger partial charge in [-0.2, -0.15) is 0 Å². The van der Waals surface area contributed by atoms with Gasteiger partial charge in [-0.15, -0.1) is 0 Å². The lowest BCUT2D eigenvalue weighted by Gasteiger charge is -2.09. The number of benzene rings is 1. The van der Waals surface area contributed by atoms with Crippen LogP contribution in [0.15, 0.2) is 30.4 Å². The second kappa shape index (κ2) is 5.81. The summed E-state index contributed by atoms with van der Waals surface area (Å²) in [6.07, 6.45) is 0. The van der Waals surface area contributed by atoms with Gasteiger partial charge < -0.3 is 14.9 Å². The van der Waals surface area contributed by atoms with E-state index in [1.807, 2.05) is 0 Å². The first kappa shape index (κ1) is 14.4. The van der Waals surface area contributed by atoms with Crippen LogP contribution in [0.3, 0.4) is 0 Å². The third kappa shape index (κ3) is 3.41. The van der Waals surface area contributed by atoms with Crippen molar-refractivity contribution in [3.8, 4) is 0 Å². The maximum Gasteiger partial charge on any atom is 0.336 e. The molecule has 0 amide bonds. The van der Waals surface area contributed by atoms with Crippen molar-refractivity contribution in [3.05, 3.63) is 47.0 Å². The molecule has 0 aliphatic heterocycles. The molecule has 1 aromatic rings. The van der Waals surface area contributed by atoms with Gasteiger partial charge in [-0.1, -0.05) is 18.7 Å². The van der Waals surface area contributed by atoms with Gasteiger partial charge in [-0.05, 0) is 13.0 Å². The number of aromatic carboxylic acids is 2. The van der Waals surface area contributed by atoms with Crippen LogP contribution in [0.4, 0.5) is 0 Å². The number of carboxylic acids is 2. The van der Waals surface area contributed by atoms with Crippen LogP contribution in [0.5, 0.6) is 0 Å². The summed E-state index contributed by atoms with van der Waals surface area (Å²) in [5, 5.41) is 18.0. The summed E-state index contributed by atoms with van der Waals surface area (Å²) in [5.74, 6) is -3.41. The molecular formula is C13H12O6. The number of ether oxygens (including phenoxy) is 1. The summed E-state index contributed by atoms with van der Waals surface area (Å²) >= 11 is 0. The second-order valence-corrected chi connectivity index (χ2v) is 3.81. The molecule has 2 N–H and O–H groups in total. The zero-order valence-corrected chi connectivity index (χ0v) is 10.2. The lowest BCUT2D eigenvalue weighted by molar-refractivity contribution is -0.140. The number of carboxylic acid groups (broad SMARTS) is 2. The van der Waals surface area contributed by atoms with E-state index >= 15 is 0 Å². The Bertz CT molecular complexity index is 558. The third-order valence-electron chi connectivity index (χ3n) is 2.30. The minimum absolute atomic E-state index is 0.113. The SMILES string of the molecule is C=C(C)C(=O)OCc1cccc(C(=O)O)c1C(=O)O. The molecule has 1 rings (SSSR count). The molecule has 0 saturated heterocycles. The predicted molar refractivity (Wildman–Crippen MR) is 65.0 cm³/mol. The monoisotopic (exact) mass is 264 g/mol. The highest BCUT2D eigenvalue weighted by atomic mass is 16.5. The summed E-state index contributed by atoms with van der Waals surface area (Å²) in [6, 6.07) is 3.96. The van der Waals surface area contributed by atoms with Crippen molar-refractivity contribution in [2.75, 3.05) is 0 Å². The smallest absolute Gasteiger partial charge is 0.336 e. The van der Waals surface area contributed by atoms with E-state index in [1.165, 1.54) is 25.1 Å². The van der Waals surface area contributed by atoms with Gasteiger partial charge in [0.2, 0.25) is 0 Å². The van der Waals surface area contributed by atoms with Crippen LogP contribution in [-0.4, -0.2) is 28.1 Å². The molecule has 6 nitrogen and oxygen atoms in total. The van der Waals surface area contributed by atoms with Crippen LogP contribution in [-0.2, 0) is 16.1 Å². The first-order valence-electron chi connectivity index (χ1n) is 5.25. The minimum Gasteiger partial charge on any atom is -0.478 e. The van der Waals surface area contributed by atoms with Crippen molar-refractivity contribution < 1.29 is 29.3 Å². The molecule has 0 heterocycles. The topological polar surface area (TPSA) is 101 Å². The van der Waals surface area contributed by atoms with Crippen LogP contribution in [0.25, 0.3) is 0 Å². The van der Waals surface area contributed by atoms with Crippen molar-refractivity contribution >= 4 is 17.9 Å². The highest BCUT2D eigenvalue weighted by Crippen LogP contribution is 2.17. The van der Waals surface area contributed by atoms with Crippen molar-refractivity contribution in [3.63, 3.8) is 0 Å². The fourth-order valence-corrected chi connectivity index (χ4v) is 1.42. The Morgan fingerprint density at radius 1 is 1.21 bits per heavy atom. The van der Waals surface area contributed by atoms with Gasteiger partial charge in [0, 0.05) is 11.1 Å². The fourth-order valence-electron chi connectivity index (χ4n) is 1.42. The van der Waals surface area contributed by atoms with Crippen molar-refractivity contribution in [1.82, 2.24) is 0 Å². The van der Waals surface area contributed by atoms with Crippen LogP contribution in [0.2, 0.25) is 0 Å². The number of carbonyl (C=O) groups is 3. The van der Waals surface area contributed by atoms with E-state index in [4.69, 9.17) is 14.9 Å². The Labute approximate surface area is 108 Å². The predicted octanol–water partition coefficient (Wildman–Crippen LogP) is 1.70. The van der Waals surface area contributed by atoms with Crippen LogP contribution in [0, 0.1) is 0 Å². The standard InChI is InChI=1S/C13H12O6/c1-7(2)13(18)19-6-8-4-3-5-9(11(14)15)10(8)12(16)17/h3-5H,1,6H2,2H3,(H,14,15)(H,16,17). The Kier molecular flexibility index (Phi) is 4.41. The van der Waals surface area contributed by atoms with Gasteiger partial charge in [-0.3, -0.25) is 0 Å². The minimum atomic E-state index is -1.39. The fraction of sp³-hybridized carbons (Fsp3) is 0.154. The number of rotatable bonds is 5. The second-order valence-electron chi connectivity index (χ2n) is 3.81. The van der Waals surface area contributed by atoms with Crippen LogP contribution >= 0.6 is 0 Å².